The summed E-state index contributed by atoms with van der Waals surface area (Å²) in [6.45, 7) is 4.09. The van der Waals surface area contributed by atoms with Crippen LogP contribution in [-0.4, -0.2) is 43.2 Å². The number of fused-ring (bicyclic) bond motifs is 1. The summed E-state index contributed by atoms with van der Waals surface area (Å²) in [4.78, 5) is 8.68. The molecule has 132 valence electrons. The number of aliphatic hydroxyl groups excluding tert-OH is 1. The first-order chi connectivity index (χ1) is 12.0. The average Bonchev–Trinajstić information content (AvgIpc) is 2.98. The molecule has 0 aliphatic heterocycles. The van der Waals surface area contributed by atoms with Gasteiger partial charge >= 0.3 is 0 Å². The summed E-state index contributed by atoms with van der Waals surface area (Å²) in [6.07, 6.45) is -0.695. The molecule has 3 rings (SSSR count). The van der Waals surface area contributed by atoms with Crippen molar-refractivity contribution >= 4 is 17.5 Å². The van der Waals surface area contributed by atoms with Gasteiger partial charge in [0.25, 0.3) is 5.78 Å². The second-order valence-corrected chi connectivity index (χ2v) is 6.70. The van der Waals surface area contributed by atoms with Gasteiger partial charge in [0.1, 0.15) is 5.82 Å². The van der Waals surface area contributed by atoms with E-state index in [4.69, 9.17) is 4.74 Å². The van der Waals surface area contributed by atoms with E-state index in [0.717, 1.165) is 11.4 Å². The summed E-state index contributed by atoms with van der Waals surface area (Å²) in [5, 5.41) is 14.9. The SMILES string of the molecule is Cc1cc(C)n2nc(SC[C@@H](O)COCc3ccccc3F)nc2n1. The van der Waals surface area contributed by atoms with Gasteiger partial charge in [-0.3, -0.25) is 0 Å². The first-order valence-electron chi connectivity index (χ1n) is 7.86. The van der Waals surface area contributed by atoms with Crippen LogP contribution in [0.1, 0.15) is 17.0 Å². The van der Waals surface area contributed by atoms with E-state index in [1.807, 2.05) is 19.9 Å². The number of thioether (sulfide) groups is 1. The zero-order chi connectivity index (χ0) is 17.8. The summed E-state index contributed by atoms with van der Waals surface area (Å²) < 4.78 is 20.5. The van der Waals surface area contributed by atoms with Crippen molar-refractivity contribution in [3.05, 3.63) is 53.1 Å². The van der Waals surface area contributed by atoms with E-state index in [0.29, 0.717) is 22.3 Å². The topological polar surface area (TPSA) is 72.5 Å². The van der Waals surface area contributed by atoms with Gasteiger partial charge < -0.3 is 9.84 Å². The number of hydrogen-bond donors (Lipinski definition) is 1. The van der Waals surface area contributed by atoms with E-state index in [1.54, 1.807) is 22.7 Å². The Bertz CT molecular complexity index is 871. The number of hydrogen-bond acceptors (Lipinski definition) is 6. The summed E-state index contributed by atoms with van der Waals surface area (Å²) in [7, 11) is 0. The molecule has 1 aromatic carbocycles. The number of aliphatic hydroxyl groups is 1. The molecule has 0 fully saturated rings. The third-order valence-corrected chi connectivity index (χ3v) is 4.51. The maximum atomic E-state index is 13.5. The van der Waals surface area contributed by atoms with Gasteiger partial charge in [-0.25, -0.2) is 13.9 Å². The van der Waals surface area contributed by atoms with Crippen molar-refractivity contribution in [3.8, 4) is 0 Å². The van der Waals surface area contributed by atoms with Gasteiger partial charge in [-0.15, -0.1) is 5.10 Å². The van der Waals surface area contributed by atoms with E-state index < -0.39 is 6.10 Å². The number of ether oxygens (including phenoxy) is 1. The Balaban J connectivity index is 1.50. The third-order valence-electron chi connectivity index (χ3n) is 3.53. The summed E-state index contributed by atoms with van der Waals surface area (Å²) >= 11 is 1.33. The minimum absolute atomic E-state index is 0.116. The Labute approximate surface area is 149 Å². The minimum Gasteiger partial charge on any atom is -0.390 e. The second-order valence-electron chi connectivity index (χ2n) is 5.72. The van der Waals surface area contributed by atoms with Gasteiger partial charge in [0.15, 0.2) is 0 Å². The lowest BCUT2D eigenvalue weighted by atomic mass is 10.2. The van der Waals surface area contributed by atoms with Gasteiger partial charge in [-0.05, 0) is 26.0 Å². The molecule has 0 spiro atoms. The fourth-order valence-corrected chi connectivity index (χ4v) is 3.07. The molecule has 1 N–H and O–H groups in total. The number of halogens is 1. The van der Waals surface area contributed by atoms with Crippen molar-refractivity contribution < 1.29 is 14.2 Å². The van der Waals surface area contributed by atoms with Gasteiger partial charge in [-0.2, -0.15) is 4.98 Å². The van der Waals surface area contributed by atoms with Crippen LogP contribution in [0.5, 0.6) is 0 Å². The molecule has 0 aliphatic carbocycles. The molecule has 8 heteroatoms. The molecule has 1 atom stereocenters. The van der Waals surface area contributed by atoms with Crippen LogP contribution in [0.25, 0.3) is 5.78 Å². The van der Waals surface area contributed by atoms with Crippen LogP contribution in [0.3, 0.4) is 0 Å². The highest BCUT2D eigenvalue weighted by Crippen LogP contribution is 2.17. The first kappa shape index (κ1) is 17.8. The lowest BCUT2D eigenvalue weighted by Crippen LogP contribution is -2.18. The summed E-state index contributed by atoms with van der Waals surface area (Å²) in [5.74, 6) is 0.621. The molecule has 0 bridgehead atoms. The Morgan fingerprint density at radius 2 is 2.08 bits per heavy atom. The number of aryl methyl sites for hydroxylation is 2. The Hall–Kier alpha value is -2.03. The normalized spacial score (nSPS) is 12.6. The lowest BCUT2D eigenvalue weighted by Gasteiger charge is -2.10. The predicted octanol–water partition coefficient (Wildman–Crippen LogP) is 2.55. The molecule has 2 heterocycles. The van der Waals surface area contributed by atoms with Crippen molar-refractivity contribution in [1.82, 2.24) is 19.6 Å². The summed E-state index contributed by atoms with van der Waals surface area (Å²) in [6, 6.07) is 8.36. The fourth-order valence-electron chi connectivity index (χ4n) is 2.35. The van der Waals surface area contributed by atoms with E-state index in [1.165, 1.54) is 17.8 Å². The molecule has 0 saturated carbocycles. The molecule has 0 radical (unpaired) electrons. The van der Waals surface area contributed by atoms with Crippen LogP contribution in [0, 0.1) is 19.7 Å². The maximum absolute atomic E-state index is 13.5. The van der Waals surface area contributed by atoms with Crippen molar-refractivity contribution in [2.45, 2.75) is 31.7 Å². The molecule has 6 nitrogen and oxygen atoms in total. The Kier molecular flexibility index (Phi) is 5.62. The van der Waals surface area contributed by atoms with Gasteiger partial charge in [0.05, 0.1) is 19.3 Å². The average molecular weight is 362 g/mol. The Morgan fingerprint density at radius 1 is 1.28 bits per heavy atom. The number of rotatable bonds is 7. The Morgan fingerprint density at radius 3 is 2.88 bits per heavy atom. The number of aromatic nitrogens is 4. The minimum atomic E-state index is -0.695. The molecule has 0 amide bonds. The number of nitrogens with zero attached hydrogens (tertiary/aromatic N) is 4. The van der Waals surface area contributed by atoms with Crippen molar-refractivity contribution in [1.29, 1.82) is 0 Å². The van der Waals surface area contributed by atoms with Crippen LogP contribution >= 0.6 is 11.8 Å². The van der Waals surface area contributed by atoms with Crippen LogP contribution in [-0.2, 0) is 11.3 Å². The molecular weight excluding hydrogens is 343 g/mol. The van der Waals surface area contributed by atoms with E-state index in [2.05, 4.69) is 15.1 Å². The predicted molar refractivity (Wildman–Crippen MR) is 93.0 cm³/mol. The van der Waals surface area contributed by atoms with Gasteiger partial charge in [0, 0.05) is 22.7 Å². The van der Waals surface area contributed by atoms with Crippen molar-refractivity contribution in [3.63, 3.8) is 0 Å². The second kappa shape index (κ2) is 7.90. The smallest absolute Gasteiger partial charge is 0.253 e. The molecule has 0 saturated heterocycles. The molecular formula is C17H19FN4O2S. The molecule has 3 aromatic rings. The van der Waals surface area contributed by atoms with Gasteiger partial charge in [0.2, 0.25) is 5.16 Å². The third kappa shape index (κ3) is 4.53. The highest BCUT2D eigenvalue weighted by atomic mass is 32.2. The monoisotopic (exact) mass is 362 g/mol. The van der Waals surface area contributed by atoms with Crippen molar-refractivity contribution in [2.24, 2.45) is 0 Å². The van der Waals surface area contributed by atoms with E-state index >= 15 is 0 Å². The van der Waals surface area contributed by atoms with E-state index in [-0.39, 0.29) is 19.0 Å². The van der Waals surface area contributed by atoms with Crippen LogP contribution in [0.2, 0.25) is 0 Å². The standard InChI is InChI=1S/C17H19FN4O2S/c1-11-7-12(2)22-16(19-11)20-17(21-22)25-10-14(23)9-24-8-13-5-3-4-6-15(13)18/h3-7,14,23H,8-10H2,1-2H3/t14-/m0/s1. The molecule has 0 unspecified atom stereocenters. The first-order valence-corrected chi connectivity index (χ1v) is 8.84. The largest absolute Gasteiger partial charge is 0.390 e. The lowest BCUT2D eigenvalue weighted by molar-refractivity contribution is 0.0386. The number of benzene rings is 1. The van der Waals surface area contributed by atoms with Crippen LogP contribution < -0.4 is 0 Å². The van der Waals surface area contributed by atoms with Gasteiger partial charge in [-0.1, -0.05) is 30.0 Å². The zero-order valence-corrected chi connectivity index (χ0v) is 14.8. The molecule has 0 aliphatic rings. The highest BCUT2D eigenvalue weighted by Gasteiger charge is 2.12. The van der Waals surface area contributed by atoms with Crippen LogP contribution in [0.4, 0.5) is 4.39 Å². The van der Waals surface area contributed by atoms with E-state index in [9.17, 15) is 9.50 Å². The highest BCUT2D eigenvalue weighted by molar-refractivity contribution is 7.99. The molecule has 2 aromatic heterocycles. The molecule has 25 heavy (non-hydrogen) atoms. The van der Waals surface area contributed by atoms with Crippen LogP contribution in [0.15, 0.2) is 35.5 Å². The fraction of sp³-hybridized carbons (Fsp3) is 0.353. The maximum Gasteiger partial charge on any atom is 0.253 e. The van der Waals surface area contributed by atoms with Crippen molar-refractivity contribution in [2.75, 3.05) is 12.4 Å². The quantitative estimate of drug-likeness (QED) is 0.651. The zero-order valence-electron chi connectivity index (χ0n) is 14.0. The summed E-state index contributed by atoms with van der Waals surface area (Å²) in [5.41, 5.74) is 2.31.